The largest absolute Gasteiger partial charge is 0.396 e. The van der Waals surface area contributed by atoms with Crippen molar-refractivity contribution in [1.29, 1.82) is 0 Å². The maximum atomic E-state index is 10.7. The van der Waals surface area contributed by atoms with Crippen molar-refractivity contribution in [2.75, 3.05) is 6.61 Å². The second kappa shape index (κ2) is 3.38. The first-order valence-corrected chi connectivity index (χ1v) is 4.58. The normalized spacial score (nSPS) is 19.4. The lowest BCUT2D eigenvalue weighted by Crippen LogP contribution is -2.04. The quantitative estimate of drug-likeness (QED) is 0.568. The van der Waals surface area contributed by atoms with E-state index >= 15 is 0 Å². The number of nitro groups is 1. The monoisotopic (exact) mass is 193 g/mol. The molecule has 0 fully saturated rings. The molecule has 0 bridgehead atoms. The standard InChI is InChI=1S/C10H11NO3/c12-6-7-4-8-2-1-3-10(11(13)14)9(8)5-7/h1-3,7,12H,4-6H2/t7-/m0/s1. The highest BCUT2D eigenvalue weighted by molar-refractivity contribution is 5.48. The van der Waals surface area contributed by atoms with Crippen LogP contribution in [0.3, 0.4) is 0 Å². The molecular weight excluding hydrogens is 182 g/mol. The SMILES string of the molecule is O=[N+]([O-])c1cccc2c1C[C@@H](CO)C2. The maximum absolute atomic E-state index is 10.7. The van der Waals surface area contributed by atoms with Gasteiger partial charge in [0.2, 0.25) is 0 Å². The van der Waals surface area contributed by atoms with Gasteiger partial charge >= 0.3 is 0 Å². The van der Waals surface area contributed by atoms with Crippen LogP contribution in [0.2, 0.25) is 0 Å². The molecular formula is C10H11NO3. The molecule has 1 aromatic carbocycles. The zero-order valence-electron chi connectivity index (χ0n) is 7.64. The summed E-state index contributed by atoms with van der Waals surface area (Å²) < 4.78 is 0. The van der Waals surface area contributed by atoms with Crippen LogP contribution in [0.15, 0.2) is 18.2 Å². The van der Waals surface area contributed by atoms with Gasteiger partial charge in [-0.1, -0.05) is 12.1 Å². The molecule has 0 radical (unpaired) electrons. The van der Waals surface area contributed by atoms with Gasteiger partial charge in [-0.25, -0.2) is 0 Å². The molecule has 0 saturated heterocycles. The summed E-state index contributed by atoms with van der Waals surface area (Å²) in [7, 11) is 0. The van der Waals surface area contributed by atoms with Gasteiger partial charge < -0.3 is 5.11 Å². The summed E-state index contributed by atoms with van der Waals surface area (Å²) in [5.74, 6) is 0.158. The Bertz CT molecular complexity index is 376. The minimum Gasteiger partial charge on any atom is -0.396 e. The third-order valence-electron chi connectivity index (χ3n) is 2.70. The topological polar surface area (TPSA) is 63.4 Å². The first kappa shape index (κ1) is 9.15. The first-order chi connectivity index (χ1) is 6.72. The summed E-state index contributed by atoms with van der Waals surface area (Å²) in [5.41, 5.74) is 2.01. The Morgan fingerprint density at radius 1 is 1.50 bits per heavy atom. The van der Waals surface area contributed by atoms with Crippen LogP contribution in [0.25, 0.3) is 0 Å². The predicted molar refractivity (Wildman–Crippen MR) is 51.1 cm³/mol. The van der Waals surface area contributed by atoms with E-state index in [2.05, 4.69) is 0 Å². The van der Waals surface area contributed by atoms with E-state index < -0.39 is 0 Å². The molecule has 1 N–H and O–H groups in total. The zero-order chi connectivity index (χ0) is 10.1. The number of aliphatic hydroxyl groups excluding tert-OH is 1. The highest BCUT2D eigenvalue weighted by atomic mass is 16.6. The third-order valence-corrected chi connectivity index (χ3v) is 2.70. The lowest BCUT2D eigenvalue weighted by atomic mass is 10.1. The molecule has 0 spiro atoms. The summed E-state index contributed by atoms with van der Waals surface area (Å²) >= 11 is 0. The Kier molecular flexibility index (Phi) is 2.21. The average Bonchev–Trinajstić information content (AvgIpc) is 2.59. The van der Waals surface area contributed by atoms with Crippen molar-refractivity contribution in [3.8, 4) is 0 Å². The number of hydrogen-bond acceptors (Lipinski definition) is 3. The number of aliphatic hydroxyl groups is 1. The van der Waals surface area contributed by atoms with Gasteiger partial charge in [-0.05, 0) is 24.3 Å². The van der Waals surface area contributed by atoms with Gasteiger partial charge in [-0.15, -0.1) is 0 Å². The van der Waals surface area contributed by atoms with Crippen LogP contribution in [-0.4, -0.2) is 16.6 Å². The Labute approximate surface area is 81.3 Å². The van der Waals surface area contributed by atoms with Crippen LogP contribution in [0.1, 0.15) is 11.1 Å². The van der Waals surface area contributed by atoms with Gasteiger partial charge in [-0.3, -0.25) is 10.1 Å². The van der Waals surface area contributed by atoms with Crippen LogP contribution in [-0.2, 0) is 12.8 Å². The summed E-state index contributed by atoms with van der Waals surface area (Å²) in [6.45, 7) is 0.103. The third kappa shape index (κ3) is 1.37. The molecule has 14 heavy (non-hydrogen) atoms. The highest BCUT2D eigenvalue weighted by Crippen LogP contribution is 2.32. The zero-order valence-corrected chi connectivity index (χ0v) is 7.64. The van der Waals surface area contributed by atoms with E-state index in [1.54, 1.807) is 6.07 Å². The molecule has 0 heterocycles. The van der Waals surface area contributed by atoms with Gasteiger partial charge in [0.15, 0.2) is 0 Å². The van der Waals surface area contributed by atoms with Crippen LogP contribution in [0, 0.1) is 16.0 Å². The van der Waals surface area contributed by atoms with E-state index in [4.69, 9.17) is 5.11 Å². The highest BCUT2D eigenvalue weighted by Gasteiger charge is 2.27. The number of nitrogens with zero attached hydrogens (tertiary/aromatic N) is 1. The molecule has 0 aliphatic heterocycles. The van der Waals surface area contributed by atoms with Crippen molar-refractivity contribution in [1.82, 2.24) is 0 Å². The van der Waals surface area contributed by atoms with Crippen LogP contribution >= 0.6 is 0 Å². The second-order valence-corrected chi connectivity index (χ2v) is 3.63. The van der Waals surface area contributed by atoms with Gasteiger partial charge in [0.25, 0.3) is 5.69 Å². The number of fused-ring (bicyclic) bond motifs is 1. The Hall–Kier alpha value is -1.42. The maximum Gasteiger partial charge on any atom is 0.272 e. The molecule has 1 aromatic rings. The van der Waals surface area contributed by atoms with E-state index in [-0.39, 0.29) is 23.1 Å². The number of benzene rings is 1. The molecule has 2 rings (SSSR count). The Balaban J connectivity index is 2.41. The van der Waals surface area contributed by atoms with Crippen molar-refractivity contribution in [2.24, 2.45) is 5.92 Å². The smallest absolute Gasteiger partial charge is 0.272 e. The molecule has 0 amide bonds. The van der Waals surface area contributed by atoms with Crippen molar-refractivity contribution in [3.05, 3.63) is 39.4 Å². The van der Waals surface area contributed by atoms with E-state index in [0.29, 0.717) is 6.42 Å². The number of nitro benzene ring substituents is 1. The van der Waals surface area contributed by atoms with Crippen molar-refractivity contribution < 1.29 is 10.0 Å². The minimum atomic E-state index is -0.349. The molecule has 4 nitrogen and oxygen atoms in total. The fourth-order valence-corrected chi connectivity index (χ4v) is 2.02. The Morgan fingerprint density at radius 2 is 2.29 bits per heavy atom. The summed E-state index contributed by atoms with van der Waals surface area (Å²) in [6, 6.07) is 5.13. The fraction of sp³-hybridized carbons (Fsp3) is 0.400. The number of rotatable bonds is 2. The molecule has 1 atom stereocenters. The van der Waals surface area contributed by atoms with Crippen LogP contribution in [0.4, 0.5) is 5.69 Å². The lowest BCUT2D eigenvalue weighted by molar-refractivity contribution is -0.385. The van der Waals surface area contributed by atoms with E-state index in [9.17, 15) is 10.1 Å². The van der Waals surface area contributed by atoms with Crippen molar-refractivity contribution >= 4 is 5.69 Å². The van der Waals surface area contributed by atoms with Crippen molar-refractivity contribution in [3.63, 3.8) is 0 Å². The van der Waals surface area contributed by atoms with Gasteiger partial charge in [-0.2, -0.15) is 0 Å². The summed E-state index contributed by atoms with van der Waals surface area (Å²) in [6.07, 6.45) is 1.39. The fourth-order valence-electron chi connectivity index (χ4n) is 2.02. The molecule has 0 unspecified atom stereocenters. The Morgan fingerprint density at radius 3 is 2.93 bits per heavy atom. The van der Waals surface area contributed by atoms with Crippen LogP contribution < -0.4 is 0 Å². The molecule has 0 saturated carbocycles. The predicted octanol–water partition coefficient (Wildman–Crippen LogP) is 1.30. The number of hydrogen-bond donors (Lipinski definition) is 1. The average molecular weight is 193 g/mol. The molecule has 1 aliphatic rings. The van der Waals surface area contributed by atoms with Crippen LogP contribution in [0.5, 0.6) is 0 Å². The molecule has 74 valence electrons. The minimum absolute atomic E-state index is 0.103. The van der Waals surface area contributed by atoms with E-state index in [1.807, 2.05) is 6.07 Å². The second-order valence-electron chi connectivity index (χ2n) is 3.63. The molecule has 4 heteroatoms. The first-order valence-electron chi connectivity index (χ1n) is 4.58. The molecule has 1 aliphatic carbocycles. The van der Waals surface area contributed by atoms with Gasteiger partial charge in [0.1, 0.15) is 0 Å². The van der Waals surface area contributed by atoms with E-state index in [1.165, 1.54) is 6.07 Å². The summed E-state index contributed by atoms with van der Waals surface area (Å²) in [5, 5.41) is 19.7. The van der Waals surface area contributed by atoms with E-state index in [0.717, 1.165) is 17.5 Å². The van der Waals surface area contributed by atoms with Crippen molar-refractivity contribution in [2.45, 2.75) is 12.8 Å². The van der Waals surface area contributed by atoms with Gasteiger partial charge in [0, 0.05) is 18.2 Å². The summed E-state index contributed by atoms with van der Waals surface area (Å²) in [4.78, 5) is 10.4. The molecule has 0 aromatic heterocycles. The lowest BCUT2D eigenvalue weighted by Gasteiger charge is -2.00. The van der Waals surface area contributed by atoms with Gasteiger partial charge in [0.05, 0.1) is 4.92 Å².